The van der Waals surface area contributed by atoms with Crippen molar-refractivity contribution in [1.29, 1.82) is 0 Å². The number of rotatable bonds is 3. The van der Waals surface area contributed by atoms with Gasteiger partial charge in [0.05, 0.1) is 16.3 Å². The third-order valence-corrected chi connectivity index (χ3v) is 3.56. The molecule has 0 fully saturated rings. The summed E-state index contributed by atoms with van der Waals surface area (Å²) in [5.74, 6) is -1.35. The molecule has 0 saturated carbocycles. The van der Waals surface area contributed by atoms with E-state index in [9.17, 15) is 13.9 Å². The lowest BCUT2D eigenvalue weighted by Gasteiger charge is -2.12. The van der Waals surface area contributed by atoms with E-state index in [0.29, 0.717) is 11.3 Å². The van der Waals surface area contributed by atoms with Crippen LogP contribution in [-0.2, 0) is 13.5 Å². The molecule has 0 spiro atoms. The zero-order chi connectivity index (χ0) is 14.2. The maximum atomic E-state index is 13.8. The molecule has 1 N–H and O–H groups in total. The second-order valence-corrected chi connectivity index (χ2v) is 5.24. The van der Waals surface area contributed by atoms with Crippen molar-refractivity contribution in [3.8, 4) is 0 Å². The molecule has 1 aromatic heterocycles. The van der Waals surface area contributed by atoms with E-state index in [-0.39, 0.29) is 16.5 Å². The standard InChI is InChI=1S/C13H13BrF2N2O/c1-7-9(6-18(2)17-7)12(19)5-8-11(15)4-3-10(14)13(8)16/h3-4,6,12,19H,5H2,1-2H3. The SMILES string of the molecule is Cc1nn(C)cc1C(O)Cc1c(F)ccc(Br)c1F. The molecular weight excluding hydrogens is 318 g/mol. The molecule has 102 valence electrons. The average Bonchev–Trinajstić information content (AvgIpc) is 2.69. The molecule has 1 unspecified atom stereocenters. The third kappa shape index (κ3) is 2.84. The monoisotopic (exact) mass is 330 g/mol. The maximum Gasteiger partial charge on any atom is 0.143 e. The van der Waals surface area contributed by atoms with Crippen LogP contribution in [-0.4, -0.2) is 14.9 Å². The molecule has 2 aromatic rings. The van der Waals surface area contributed by atoms with Gasteiger partial charge in [-0.25, -0.2) is 8.78 Å². The number of aliphatic hydroxyl groups is 1. The molecule has 0 amide bonds. The van der Waals surface area contributed by atoms with Crippen LogP contribution in [0.15, 0.2) is 22.8 Å². The Hall–Kier alpha value is -1.27. The number of nitrogens with zero attached hydrogens (tertiary/aromatic N) is 2. The van der Waals surface area contributed by atoms with Gasteiger partial charge in [-0.15, -0.1) is 0 Å². The molecule has 19 heavy (non-hydrogen) atoms. The Labute approximate surface area is 118 Å². The molecule has 1 aromatic carbocycles. The molecule has 6 heteroatoms. The van der Waals surface area contributed by atoms with Crippen LogP contribution in [0.2, 0.25) is 0 Å². The Balaban J connectivity index is 2.31. The Kier molecular flexibility index (Phi) is 4.01. The van der Waals surface area contributed by atoms with Gasteiger partial charge in [-0.2, -0.15) is 5.10 Å². The van der Waals surface area contributed by atoms with Gasteiger partial charge in [0.1, 0.15) is 11.6 Å². The van der Waals surface area contributed by atoms with E-state index in [1.807, 2.05) is 0 Å². The van der Waals surface area contributed by atoms with Crippen molar-refractivity contribution in [1.82, 2.24) is 9.78 Å². The Morgan fingerprint density at radius 2 is 2.11 bits per heavy atom. The summed E-state index contributed by atoms with van der Waals surface area (Å²) in [6, 6.07) is 2.47. The topological polar surface area (TPSA) is 38.0 Å². The van der Waals surface area contributed by atoms with Crippen LogP contribution < -0.4 is 0 Å². The zero-order valence-electron chi connectivity index (χ0n) is 10.5. The van der Waals surface area contributed by atoms with E-state index in [4.69, 9.17) is 0 Å². The number of hydrogen-bond acceptors (Lipinski definition) is 2. The third-order valence-electron chi connectivity index (χ3n) is 2.95. The van der Waals surface area contributed by atoms with Crippen LogP contribution in [0.5, 0.6) is 0 Å². The number of halogens is 3. The summed E-state index contributed by atoms with van der Waals surface area (Å²) in [5, 5.41) is 14.2. The number of benzene rings is 1. The Bertz CT molecular complexity index is 613. The van der Waals surface area contributed by atoms with Gasteiger partial charge in [0.15, 0.2) is 0 Å². The lowest BCUT2D eigenvalue weighted by Crippen LogP contribution is -2.06. The highest BCUT2D eigenvalue weighted by atomic mass is 79.9. The first-order chi connectivity index (χ1) is 8.90. The molecule has 0 aliphatic rings. The summed E-state index contributed by atoms with van der Waals surface area (Å²) in [7, 11) is 1.73. The van der Waals surface area contributed by atoms with Gasteiger partial charge in [-0.1, -0.05) is 0 Å². The van der Waals surface area contributed by atoms with Gasteiger partial charge in [0, 0.05) is 30.8 Å². The summed E-state index contributed by atoms with van der Waals surface area (Å²) < 4.78 is 29.2. The fraction of sp³-hybridized carbons (Fsp3) is 0.308. The number of aliphatic hydroxyl groups excluding tert-OH is 1. The van der Waals surface area contributed by atoms with Gasteiger partial charge >= 0.3 is 0 Å². The Morgan fingerprint density at radius 1 is 1.42 bits per heavy atom. The molecule has 0 saturated heterocycles. The number of aryl methyl sites for hydroxylation is 2. The normalized spacial score (nSPS) is 12.7. The second kappa shape index (κ2) is 5.38. The largest absolute Gasteiger partial charge is 0.388 e. The quantitative estimate of drug-likeness (QED) is 0.878. The highest BCUT2D eigenvalue weighted by Crippen LogP contribution is 2.27. The minimum atomic E-state index is -0.994. The highest BCUT2D eigenvalue weighted by Gasteiger charge is 2.20. The molecule has 0 radical (unpaired) electrons. The highest BCUT2D eigenvalue weighted by molar-refractivity contribution is 9.10. The minimum absolute atomic E-state index is 0.134. The lowest BCUT2D eigenvalue weighted by atomic mass is 10.0. The van der Waals surface area contributed by atoms with E-state index in [0.717, 1.165) is 0 Å². The second-order valence-electron chi connectivity index (χ2n) is 4.39. The van der Waals surface area contributed by atoms with Gasteiger partial charge < -0.3 is 5.11 Å². The summed E-state index contributed by atoms with van der Waals surface area (Å²) in [6.45, 7) is 1.74. The first-order valence-electron chi connectivity index (χ1n) is 5.70. The number of aromatic nitrogens is 2. The van der Waals surface area contributed by atoms with Crippen LogP contribution in [0.3, 0.4) is 0 Å². The van der Waals surface area contributed by atoms with Gasteiger partial charge in [-0.3, -0.25) is 4.68 Å². The summed E-state index contributed by atoms with van der Waals surface area (Å²) >= 11 is 3.01. The predicted octanol–water partition coefficient (Wildman–Crippen LogP) is 3.05. The summed E-state index contributed by atoms with van der Waals surface area (Å²) in [4.78, 5) is 0. The zero-order valence-corrected chi connectivity index (χ0v) is 12.1. The van der Waals surface area contributed by atoms with Crippen LogP contribution in [0.1, 0.15) is 22.9 Å². The van der Waals surface area contributed by atoms with Crippen LogP contribution in [0, 0.1) is 18.6 Å². The van der Waals surface area contributed by atoms with Crippen molar-refractivity contribution in [2.75, 3.05) is 0 Å². The molecule has 3 nitrogen and oxygen atoms in total. The maximum absolute atomic E-state index is 13.8. The van der Waals surface area contributed by atoms with Gasteiger partial charge in [0.25, 0.3) is 0 Å². The first kappa shape index (κ1) is 14.1. The summed E-state index contributed by atoms with van der Waals surface area (Å²) in [6.07, 6.45) is 0.518. The average molecular weight is 331 g/mol. The van der Waals surface area contributed by atoms with Crippen molar-refractivity contribution < 1.29 is 13.9 Å². The Morgan fingerprint density at radius 3 is 2.68 bits per heavy atom. The first-order valence-corrected chi connectivity index (χ1v) is 6.50. The van der Waals surface area contributed by atoms with Crippen molar-refractivity contribution >= 4 is 15.9 Å². The molecule has 2 rings (SSSR count). The fourth-order valence-electron chi connectivity index (χ4n) is 2.00. The van der Waals surface area contributed by atoms with Crippen LogP contribution in [0.25, 0.3) is 0 Å². The van der Waals surface area contributed by atoms with E-state index in [1.54, 1.807) is 24.9 Å². The van der Waals surface area contributed by atoms with Gasteiger partial charge in [0.2, 0.25) is 0 Å². The van der Waals surface area contributed by atoms with Crippen molar-refractivity contribution in [3.05, 3.63) is 51.3 Å². The molecule has 1 heterocycles. The van der Waals surface area contributed by atoms with Crippen LogP contribution in [0.4, 0.5) is 8.78 Å². The van der Waals surface area contributed by atoms with Gasteiger partial charge in [-0.05, 0) is 35.0 Å². The van der Waals surface area contributed by atoms with Crippen LogP contribution >= 0.6 is 15.9 Å². The van der Waals surface area contributed by atoms with Crippen molar-refractivity contribution in [2.24, 2.45) is 7.05 Å². The summed E-state index contributed by atoms with van der Waals surface area (Å²) in [5.41, 5.74) is 1.08. The predicted molar refractivity (Wildman–Crippen MR) is 70.7 cm³/mol. The molecule has 0 aliphatic heterocycles. The van der Waals surface area contributed by atoms with E-state index >= 15 is 0 Å². The lowest BCUT2D eigenvalue weighted by molar-refractivity contribution is 0.175. The number of hydrogen-bond donors (Lipinski definition) is 1. The fourth-order valence-corrected chi connectivity index (χ4v) is 2.38. The van der Waals surface area contributed by atoms with E-state index in [1.165, 1.54) is 12.1 Å². The smallest absolute Gasteiger partial charge is 0.143 e. The van der Waals surface area contributed by atoms with E-state index in [2.05, 4.69) is 21.0 Å². The van der Waals surface area contributed by atoms with Crippen molar-refractivity contribution in [3.63, 3.8) is 0 Å². The molecule has 1 atom stereocenters. The molecule has 0 aliphatic carbocycles. The minimum Gasteiger partial charge on any atom is -0.388 e. The molecule has 0 bridgehead atoms. The van der Waals surface area contributed by atoms with Crippen molar-refractivity contribution in [2.45, 2.75) is 19.4 Å². The molecular formula is C13H13BrF2N2O. The van der Waals surface area contributed by atoms with E-state index < -0.39 is 17.7 Å².